The Morgan fingerprint density at radius 3 is 2.78 bits per heavy atom. The highest BCUT2D eigenvalue weighted by Gasteiger charge is 2.24. The van der Waals surface area contributed by atoms with E-state index in [4.69, 9.17) is 9.84 Å². The molecular weight excluding hydrogens is 241 g/mol. The number of carbonyl (C=O) groups excluding carboxylic acids is 1. The van der Waals surface area contributed by atoms with Gasteiger partial charge in [0.15, 0.2) is 0 Å². The van der Waals surface area contributed by atoms with E-state index in [1.165, 1.54) is 12.1 Å². The zero-order valence-electron chi connectivity index (χ0n) is 9.48. The molecule has 96 valence electrons. The monoisotopic (exact) mass is 253 g/mol. The van der Waals surface area contributed by atoms with E-state index in [0.29, 0.717) is 13.0 Å². The van der Waals surface area contributed by atoms with Gasteiger partial charge in [0, 0.05) is 6.61 Å². The molecule has 1 atom stereocenters. The lowest BCUT2D eigenvalue weighted by molar-refractivity contribution is -0.124. The van der Waals surface area contributed by atoms with E-state index in [-0.39, 0.29) is 11.3 Å². The summed E-state index contributed by atoms with van der Waals surface area (Å²) in [6, 6.07) is 3.33. The van der Waals surface area contributed by atoms with Crippen molar-refractivity contribution in [2.24, 2.45) is 0 Å². The standard InChI is InChI=1S/C12H12FNO4/c13-8-6-7(12(16)17)3-4-9(8)14-11(15)10-2-1-5-18-10/h3-4,6,10H,1-2,5H2,(H,14,15)(H,16,17)/t10-/m0/s1. The van der Waals surface area contributed by atoms with Gasteiger partial charge in [-0.25, -0.2) is 9.18 Å². The number of anilines is 1. The molecular formula is C12H12FNO4. The fourth-order valence-corrected chi connectivity index (χ4v) is 1.75. The molecule has 6 heteroatoms. The van der Waals surface area contributed by atoms with Gasteiger partial charge in [-0.1, -0.05) is 0 Å². The van der Waals surface area contributed by atoms with Crippen molar-refractivity contribution >= 4 is 17.6 Å². The van der Waals surface area contributed by atoms with Crippen molar-refractivity contribution in [3.63, 3.8) is 0 Å². The van der Waals surface area contributed by atoms with Crippen molar-refractivity contribution in [2.75, 3.05) is 11.9 Å². The maximum atomic E-state index is 13.5. The van der Waals surface area contributed by atoms with Crippen molar-refractivity contribution in [3.05, 3.63) is 29.6 Å². The first-order valence-corrected chi connectivity index (χ1v) is 5.53. The summed E-state index contributed by atoms with van der Waals surface area (Å²) >= 11 is 0. The van der Waals surface area contributed by atoms with E-state index in [2.05, 4.69) is 5.32 Å². The van der Waals surface area contributed by atoms with Crippen LogP contribution in [0.4, 0.5) is 10.1 Å². The number of benzene rings is 1. The van der Waals surface area contributed by atoms with Crippen LogP contribution >= 0.6 is 0 Å². The molecule has 1 aliphatic heterocycles. The molecule has 1 saturated heterocycles. The number of aromatic carboxylic acids is 1. The van der Waals surface area contributed by atoms with Gasteiger partial charge in [-0.05, 0) is 31.0 Å². The van der Waals surface area contributed by atoms with Gasteiger partial charge in [-0.3, -0.25) is 4.79 Å². The Bertz CT molecular complexity index is 483. The number of ether oxygens (including phenoxy) is 1. The zero-order chi connectivity index (χ0) is 13.1. The maximum Gasteiger partial charge on any atom is 0.335 e. The van der Waals surface area contributed by atoms with Crippen LogP contribution in [0.2, 0.25) is 0 Å². The lowest BCUT2D eigenvalue weighted by Crippen LogP contribution is -2.27. The van der Waals surface area contributed by atoms with Crippen molar-refractivity contribution in [3.8, 4) is 0 Å². The Balaban J connectivity index is 2.09. The molecule has 1 aromatic rings. The topological polar surface area (TPSA) is 75.6 Å². The molecule has 1 heterocycles. The van der Waals surface area contributed by atoms with Crippen LogP contribution in [0.25, 0.3) is 0 Å². The molecule has 0 saturated carbocycles. The first kappa shape index (κ1) is 12.5. The maximum absolute atomic E-state index is 13.5. The lowest BCUT2D eigenvalue weighted by atomic mass is 10.2. The van der Waals surface area contributed by atoms with Gasteiger partial charge in [0.25, 0.3) is 5.91 Å². The molecule has 0 aliphatic carbocycles. The van der Waals surface area contributed by atoms with E-state index >= 15 is 0 Å². The van der Waals surface area contributed by atoms with Crippen molar-refractivity contribution < 1.29 is 23.8 Å². The molecule has 0 spiro atoms. The quantitative estimate of drug-likeness (QED) is 0.858. The van der Waals surface area contributed by atoms with Crippen LogP contribution in [0.15, 0.2) is 18.2 Å². The summed E-state index contributed by atoms with van der Waals surface area (Å²) in [5, 5.41) is 11.1. The first-order chi connectivity index (χ1) is 8.58. The number of hydrogen-bond donors (Lipinski definition) is 2. The molecule has 0 unspecified atom stereocenters. The number of halogens is 1. The molecule has 0 aromatic heterocycles. The van der Waals surface area contributed by atoms with Crippen LogP contribution in [0, 0.1) is 5.82 Å². The van der Waals surface area contributed by atoms with Gasteiger partial charge >= 0.3 is 5.97 Å². The van der Waals surface area contributed by atoms with Gasteiger partial charge in [-0.15, -0.1) is 0 Å². The summed E-state index contributed by atoms with van der Waals surface area (Å²) in [4.78, 5) is 22.3. The second kappa shape index (κ2) is 5.14. The van der Waals surface area contributed by atoms with Crippen LogP contribution in [0.1, 0.15) is 23.2 Å². The molecule has 18 heavy (non-hydrogen) atoms. The van der Waals surface area contributed by atoms with Crippen LogP contribution in [0.5, 0.6) is 0 Å². The molecule has 0 bridgehead atoms. The number of carboxylic acid groups (broad SMARTS) is 1. The lowest BCUT2D eigenvalue weighted by Gasteiger charge is -2.11. The second-order valence-corrected chi connectivity index (χ2v) is 3.99. The predicted octanol–water partition coefficient (Wildman–Crippen LogP) is 1.64. The van der Waals surface area contributed by atoms with Crippen molar-refractivity contribution in [2.45, 2.75) is 18.9 Å². The Hall–Kier alpha value is -1.95. The molecule has 5 nitrogen and oxygen atoms in total. The number of hydrogen-bond acceptors (Lipinski definition) is 3. The van der Waals surface area contributed by atoms with Crippen molar-refractivity contribution in [1.29, 1.82) is 0 Å². The van der Waals surface area contributed by atoms with Crippen LogP contribution < -0.4 is 5.32 Å². The largest absolute Gasteiger partial charge is 0.478 e. The van der Waals surface area contributed by atoms with Crippen molar-refractivity contribution in [1.82, 2.24) is 0 Å². The van der Waals surface area contributed by atoms with E-state index < -0.39 is 23.8 Å². The molecule has 1 aromatic carbocycles. The fourth-order valence-electron chi connectivity index (χ4n) is 1.75. The average molecular weight is 253 g/mol. The summed E-state index contributed by atoms with van der Waals surface area (Å²) in [7, 11) is 0. The summed E-state index contributed by atoms with van der Waals surface area (Å²) < 4.78 is 18.7. The third-order valence-electron chi connectivity index (χ3n) is 2.70. The third kappa shape index (κ3) is 2.65. The molecule has 1 fully saturated rings. The van der Waals surface area contributed by atoms with Gasteiger partial charge in [0.1, 0.15) is 11.9 Å². The van der Waals surface area contributed by atoms with Crippen LogP contribution in [-0.4, -0.2) is 29.7 Å². The smallest absolute Gasteiger partial charge is 0.335 e. The van der Waals surface area contributed by atoms with Crippen LogP contribution in [0.3, 0.4) is 0 Å². The van der Waals surface area contributed by atoms with Gasteiger partial charge in [0.05, 0.1) is 11.3 Å². The highest BCUT2D eigenvalue weighted by Crippen LogP contribution is 2.19. The Kier molecular flexibility index (Phi) is 3.57. The minimum atomic E-state index is -1.22. The first-order valence-electron chi connectivity index (χ1n) is 5.53. The molecule has 1 amide bonds. The third-order valence-corrected chi connectivity index (χ3v) is 2.70. The van der Waals surface area contributed by atoms with E-state index in [1.807, 2.05) is 0 Å². The fraction of sp³-hybridized carbons (Fsp3) is 0.333. The number of rotatable bonds is 3. The number of carboxylic acids is 1. The van der Waals surface area contributed by atoms with E-state index in [9.17, 15) is 14.0 Å². The minimum Gasteiger partial charge on any atom is -0.478 e. The Morgan fingerprint density at radius 1 is 1.44 bits per heavy atom. The van der Waals surface area contributed by atoms with E-state index in [0.717, 1.165) is 12.5 Å². The normalized spacial score (nSPS) is 18.6. The number of nitrogens with one attached hydrogen (secondary N) is 1. The summed E-state index contributed by atoms with van der Waals surface area (Å²) in [5.41, 5.74) is -0.205. The van der Waals surface area contributed by atoms with Gasteiger partial charge in [0.2, 0.25) is 0 Å². The predicted molar refractivity (Wildman–Crippen MR) is 61.0 cm³/mol. The number of carbonyl (C=O) groups is 2. The minimum absolute atomic E-state index is 0.0412. The zero-order valence-corrected chi connectivity index (χ0v) is 9.48. The average Bonchev–Trinajstić information content (AvgIpc) is 2.85. The molecule has 2 rings (SSSR count). The number of amides is 1. The SMILES string of the molecule is O=C(O)c1ccc(NC(=O)[C@@H]2CCCO2)c(F)c1. The summed E-state index contributed by atoms with van der Waals surface area (Å²) in [5.74, 6) is -2.40. The van der Waals surface area contributed by atoms with Gasteiger partial charge in [-0.2, -0.15) is 0 Å². The highest BCUT2D eigenvalue weighted by atomic mass is 19.1. The Labute approximate surface area is 103 Å². The molecule has 0 radical (unpaired) electrons. The van der Waals surface area contributed by atoms with E-state index in [1.54, 1.807) is 0 Å². The van der Waals surface area contributed by atoms with Gasteiger partial charge < -0.3 is 15.2 Å². The molecule has 2 N–H and O–H groups in total. The second-order valence-electron chi connectivity index (χ2n) is 3.99. The summed E-state index contributed by atoms with van der Waals surface area (Å²) in [6.07, 6.45) is 0.864. The molecule has 1 aliphatic rings. The highest BCUT2D eigenvalue weighted by molar-refractivity contribution is 5.95. The summed E-state index contributed by atoms with van der Waals surface area (Å²) in [6.45, 7) is 0.526. The van der Waals surface area contributed by atoms with Crippen LogP contribution in [-0.2, 0) is 9.53 Å². The Morgan fingerprint density at radius 2 is 2.22 bits per heavy atom.